The molecule has 29 heavy (non-hydrogen) atoms. The lowest BCUT2D eigenvalue weighted by molar-refractivity contribution is -0.132. The third kappa shape index (κ3) is 3.47. The molecule has 0 aromatic heterocycles. The van der Waals surface area contributed by atoms with Crippen LogP contribution in [-0.4, -0.2) is 16.8 Å². The summed E-state index contributed by atoms with van der Waals surface area (Å²) in [7, 11) is 0. The van der Waals surface area contributed by atoms with Crippen LogP contribution in [0.2, 0.25) is 0 Å². The van der Waals surface area contributed by atoms with E-state index in [4.69, 9.17) is 0 Å². The highest BCUT2D eigenvalue weighted by molar-refractivity contribution is 9.10. The first kappa shape index (κ1) is 19.1. The average molecular weight is 452 g/mol. The molecule has 6 heteroatoms. The maximum atomic E-state index is 13.4. The Labute approximate surface area is 175 Å². The number of anilines is 1. The minimum Gasteiger partial charge on any atom is -0.507 e. The van der Waals surface area contributed by atoms with Gasteiger partial charge in [0.25, 0.3) is 11.7 Å². The zero-order valence-corrected chi connectivity index (χ0v) is 16.6. The Bertz CT molecular complexity index is 1110. The van der Waals surface area contributed by atoms with Gasteiger partial charge in [-0.05, 0) is 42.0 Å². The van der Waals surface area contributed by atoms with Crippen molar-refractivity contribution in [1.82, 2.24) is 0 Å². The minimum atomic E-state index is -0.839. The highest BCUT2D eigenvalue weighted by Crippen LogP contribution is 2.42. The molecule has 3 aromatic carbocycles. The number of amides is 1. The summed E-state index contributed by atoms with van der Waals surface area (Å²) in [5.41, 5.74) is 1.45. The number of aliphatic hydroxyl groups is 1. The molecular weight excluding hydrogens is 437 g/mol. The van der Waals surface area contributed by atoms with Gasteiger partial charge in [0.2, 0.25) is 0 Å². The van der Waals surface area contributed by atoms with E-state index < -0.39 is 23.5 Å². The standard InChI is InChI=1S/C23H15BrFNO3/c24-16-8-6-14(7-9-16)20-19(21(27)15-4-2-1-3-5-15)22(28)23(29)26(20)18-12-10-17(25)11-13-18/h1-13,20,27H/b21-19+/t20-/m0/s1. The maximum absolute atomic E-state index is 13.4. The average Bonchev–Trinajstić information content (AvgIpc) is 3.00. The van der Waals surface area contributed by atoms with Crippen LogP contribution in [0.4, 0.5) is 10.1 Å². The number of hydrogen-bond acceptors (Lipinski definition) is 3. The van der Waals surface area contributed by atoms with Crippen molar-refractivity contribution in [3.8, 4) is 0 Å². The van der Waals surface area contributed by atoms with E-state index in [9.17, 15) is 19.1 Å². The van der Waals surface area contributed by atoms with Gasteiger partial charge in [-0.25, -0.2) is 4.39 Å². The molecular formula is C23H15BrFNO3. The summed E-state index contributed by atoms with van der Waals surface area (Å²) >= 11 is 3.38. The number of carbonyl (C=O) groups excluding carboxylic acids is 2. The van der Waals surface area contributed by atoms with Crippen LogP contribution in [0.25, 0.3) is 5.76 Å². The quantitative estimate of drug-likeness (QED) is 0.337. The minimum absolute atomic E-state index is 0.00662. The first-order valence-electron chi connectivity index (χ1n) is 8.85. The lowest BCUT2D eigenvalue weighted by Crippen LogP contribution is -2.29. The Kier molecular flexibility index (Phi) is 5.03. The molecule has 1 aliphatic heterocycles. The van der Waals surface area contributed by atoms with E-state index in [1.165, 1.54) is 29.2 Å². The zero-order chi connectivity index (χ0) is 20.5. The number of ketones is 1. The molecule has 1 N–H and O–H groups in total. The lowest BCUT2D eigenvalue weighted by atomic mass is 9.95. The first-order valence-corrected chi connectivity index (χ1v) is 9.64. The van der Waals surface area contributed by atoms with Crippen LogP contribution in [0, 0.1) is 5.82 Å². The van der Waals surface area contributed by atoms with Gasteiger partial charge in [-0.15, -0.1) is 0 Å². The second-order valence-corrected chi connectivity index (χ2v) is 7.48. The fraction of sp³-hybridized carbons (Fsp3) is 0.0435. The summed E-state index contributed by atoms with van der Waals surface area (Å²) in [6, 6.07) is 20.2. The second kappa shape index (κ2) is 7.64. The van der Waals surface area contributed by atoms with Gasteiger partial charge >= 0.3 is 0 Å². The van der Waals surface area contributed by atoms with Crippen molar-refractivity contribution < 1.29 is 19.1 Å². The van der Waals surface area contributed by atoms with E-state index in [1.807, 2.05) is 0 Å². The third-order valence-corrected chi connectivity index (χ3v) is 5.31. The zero-order valence-electron chi connectivity index (χ0n) is 15.0. The Morgan fingerprint density at radius 3 is 2.14 bits per heavy atom. The van der Waals surface area contributed by atoms with E-state index in [2.05, 4.69) is 15.9 Å². The molecule has 1 fully saturated rings. The predicted molar refractivity (Wildman–Crippen MR) is 112 cm³/mol. The summed E-state index contributed by atoms with van der Waals surface area (Å²) < 4.78 is 14.2. The molecule has 1 aliphatic rings. The highest BCUT2D eigenvalue weighted by Gasteiger charge is 2.46. The number of hydrogen-bond donors (Lipinski definition) is 1. The third-order valence-electron chi connectivity index (χ3n) is 4.78. The highest BCUT2D eigenvalue weighted by atomic mass is 79.9. The summed E-state index contributed by atoms with van der Waals surface area (Å²) in [6.07, 6.45) is 0. The maximum Gasteiger partial charge on any atom is 0.300 e. The molecule has 0 spiro atoms. The van der Waals surface area contributed by atoms with E-state index in [0.717, 1.165) is 4.47 Å². The summed E-state index contributed by atoms with van der Waals surface area (Å²) in [4.78, 5) is 27.1. The van der Waals surface area contributed by atoms with Crippen molar-refractivity contribution in [3.63, 3.8) is 0 Å². The van der Waals surface area contributed by atoms with Crippen LogP contribution in [0.1, 0.15) is 17.2 Å². The van der Waals surface area contributed by atoms with Crippen molar-refractivity contribution in [2.75, 3.05) is 4.90 Å². The van der Waals surface area contributed by atoms with Crippen LogP contribution in [0.15, 0.2) is 88.9 Å². The van der Waals surface area contributed by atoms with Gasteiger partial charge in [-0.3, -0.25) is 14.5 Å². The molecule has 1 saturated heterocycles. The topological polar surface area (TPSA) is 57.6 Å². The number of benzene rings is 3. The van der Waals surface area contributed by atoms with Crippen LogP contribution >= 0.6 is 15.9 Å². The van der Waals surface area contributed by atoms with Crippen LogP contribution < -0.4 is 4.90 Å². The van der Waals surface area contributed by atoms with Gasteiger partial charge in [0.1, 0.15) is 11.6 Å². The fourth-order valence-electron chi connectivity index (χ4n) is 3.41. The van der Waals surface area contributed by atoms with Crippen LogP contribution in [0.3, 0.4) is 0 Å². The van der Waals surface area contributed by atoms with Gasteiger partial charge in [0, 0.05) is 15.7 Å². The molecule has 0 saturated carbocycles. The SMILES string of the molecule is O=C1C(=O)N(c2ccc(F)cc2)[C@@H](c2ccc(Br)cc2)/C1=C(\O)c1ccccc1. The van der Waals surface area contributed by atoms with Gasteiger partial charge < -0.3 is 5.11 Å². The predicted octanol–water partition coefficient (Wildman–Crippen LogP) is 5.21. The molecule has 0 radical (unpaired) electrons. The monoisotopic (exact) mass is 451 g/mol. The van der Waals surface area contributed by atoms with Gasteiger partial charge in [-0.2, -0.15) is 0 Å². The number of carbonyl (C=O) groups is 2. The molecule has 144 valence electrons. The lowest BCUT2D eigenvalue weighted by Gasteiger charge is -2.25. The molecule has 4 rings (SSSR count). The molecule has 1 atom stereocenters. The number of nitrogens with zero attached hydrogens (tertiary/aromatic N) is 1. The van der Waals surface area contributed by atoms with Crippen LogP contribution in [0.5, 0.6) is 0 Å². The van der Waals surface area contributed by atoms with E-state index in [-0.39, 0.29) is 11.3 Å². The van der Waals surface area contributed by atoms with E-state index in [1.54, 1.807) is 54.6 Å². The Hall–Kier alpha value is -3.25. The molecule has 0 bridgehead atoms. The van der Waals surface area contributed by atoms with Gasteiger partial charge in [-0.1, -0.05) is 58.4 Å². The molecule has 0 aliphatic carbocycles. The second-order valence-electron chi connectivity index (χ2n) is 6.56. The van der Waals surface area contributed by atoms with Gasteiger partial charge in [0.15, 0.2) is 0 Å². The molecule has 1 amide bonds. The summed E-state index contributed by atoms with van der Waals surface area (Å²) in [5.74, 6) is -2.26. The number of Topliss-reactive ketones (excluding diaryl/α,β-unsaturated/α-hetero) is 1. The Morgan fingerprint density at radius 2 is 1.52 bits per heavy atom. The van der Waals surface area contributed by atoms with E-state index in [0.29, 0.717) is 16.8 Å². The number of aliphatic hydroxyl groups excluding tert-OH is 1. The fourth-order valence-corrected chi connectivity index (χ4v) is 3.68. The van der Waals surface area contributed by atoms with Crippen molar-refractivity contribution in [3.05, 3.63) is 106 Å². The Morgan fingerprint density at radius 1 is 0.897 bits per heavy atom. The Balaban J connectivity index is 1.94. The van der Waals surface area contributed by atoms with Crippen molar-refractivity contribution in [1.29, 1.82) is 0 Å². The first-order chi connectivity index (χ1) is 14.0. The number of halogens is 2. The summed E-state index contributed by atoms with van der Waals surface area (Å²) in [6.45, 7) is 0. The molecule has 0 unspecified atom stereocenters. The molecule has 4 nitrogen and oxygen atoms in total. The molecule has 1 heterocycles. The van der Waals surface area contributed by atoms with Crippen molar-refractivity contribution in [2.24, 2.45) is 0 Å². The van der Waals surface area contributed by atoms with Crippen LogP contribution in [-0.2, 0) is 9.59 Å². The largest absolute Gasteiger partial charge is 0.507 e. The normalized spacial score (nSPS) is 18.3. The summed E-state index contributed by atoms with van der Waals surface area (Å²) in [5, 5.41) is 10.9. The molecule has 3 aromatic rings. The number of rotatable bonds is 3. The van der Waals surface area contributed by atoms with Crippen molar-refractivity contribution >= 4 is 39.1 Å². The van der Waals surface area contributed by atoms with E-state index >= 15 is 0 Å². The van der Waals surface area contributed by atoms with Crippen molar-refractivity contribution in [2.45, 2.75) is 6.04 Å². The smallest absolute Gasteiger partial charge is 0.300 e. The van der Waals surface area contributed by atoms with Gasteiger partial charge in [0.05, 0.1) is 11.6 Å².